The summed E-state index contributed by atoms with van der Waals surface area (Å²) in [5.74, 6) is -2.87. The number of nitrogens with zero attached hydrogens (tertiary/aromatic N) is 1. The van der Waals surface area contributed by atoms with E-state index in [1.165, 1.54) is 30.6 Å². The minimum absolute atomic E-state index is 0.0509. The summed E-state index contributed by atoms with van der Waals surface area (Å²) in [5, 5.41) is 12.8. The van der Waals surface area contributed by atoms with Crippen molar-refractivity contribution in [1.82, 2.24) is 10.3 Å². The molecule has 0 saturated heterocycles. The number of phenolic OH excluding ortho intramolecular Hbond substituents is 1. The molecule has 0 fully saturated rings. The van der Waals surface area contributed by atoms with Crippen molar-refractivity contribution >= 4 is 23.6 Å². The molecule has 9 nitrogen and oxygen atoms in total. The van der Waals surface area contributed by atoms with Crippen molar-refractivity contribution in [1.29, 1.82) is 0 Å². The van der Waals surface area contributed by atoms with Gasteiger partial charge in [-0.2, -0.15) is 0 Å². The molecule has 6 rings (SSSR count). The van der Waals surface area contributed by atoms with E-state index < -0.39 is 40.0 Å². The number of fused-ring (bicyclic) bond motifs is 3. The van der Waals surface area contributed by atoms with E-state index in [0.29, 0.717) is 17.6 Å². The molecule has 2 amide bonds. The standard InChI is InChI=1S/C29H24N2O7/c1-14-7-8-19-27(2,3)23(33)18(37-26(36)15-6-5-9-30-13-15)12-29(19)28(14,4)11-16-10-17(32)20-21(22(16)38-29)25(35)31-24(20)34/h5-10,12-13,32H,11H2,1-4H3,(H,31,34,35). The Morgan fingerprint density at radius 1 is 1.13 bits per heavy atom. The van der Waals surface area contributed by atoms with Crippen LogP contribution in [-0.4, -0.2) is 39.3 Å². The highest BCUT2D eigenvalue weighted by atomic mass is 16.5. The maximum atomic E-state index is 13.7. The SMILES string of the molecule is CC1=CC=C2C(C)(C)C(=O)C(OC(=O)c3cccnc3)=CC23Oc2c(cc(O)c4c2C(=O)NC4=O)CC13C. The van der Waals surface area contributed by atoms with Crippen LogP contribution in [0.25, 0.3) is 0 Å². The van der Waals surface area contributed by atoms with Crippen LogP contribution in [0.15, 0.2) is 65.7 Å². The number of phenols is 1. The molecule has 1 aromatic carbocycles. The Kier molecular flexibility index (Phi) is 4.71. The molecular formula is C29H24N2O7. The Balaban J connectivity index is 1.59. The highest BCUT2D eigenvalue weighted by molar-refractivity contribution is 6.24. The maximum Gasteiger partial charge on any atom is 0.345 e. The summed E-state index contributed by atoms with van der Waals surface area (Å²) < 4.78 is 12.4. The number of carbonyl (C=O) groups is 4. The van der Waals surface area contributed by atoms with Gasteiger partial charge in [-0.15, -0.1) is 0 Å². The minimum atomic E-state index is -1.34. The quantitative estimate of drug-likeness (QED) is 0.461. The van der Waals surface area contributed by atoms with Crippen LogP contribution in [0.3, 0.4) is 0 Å². The number of imide groups is 1. The maximum absolute atomic E-state index is 13.7. The summed E-state index contributed by atoms with van der Waals surface area (Å²) in [6.45, 7) is 7.37. The van der Waals surface area contributed by atoms with E-state index in [2.05, 4.69) is 10.3 Å². The van der Waals surface area contributed by atoms with E-state index in [4.69, 9.17) is 9.47 Å². The molecule has 38 heavy (non-hydrogen) atoms. The van der Waals surface area contributed by atoms with E-state index in [1.807, 2.05) is 26.0 Å². The van der Waals surface area contributed by atoms with E-state index in [1.54, 1.807) is 19.9 Å². The molecular weight excluding hydrogens is 488 g/mol. The average molecular weight is 513 g/mol. The van der Waals surface area contributed by atoms with Crippen molar-refractivity contribution in [3.05, 3.63) is 88.0 Å². The van der Waals surface area contributed by atoms with Crippen LogP contribution in [0, 0.1) is 10.8 Å². The van der Waals surface area contributed by atoms with Crippen LogP contribution in [-0.2, 0) is 16.0 Å². The number of carbonyl (C=O) groups excluding carboxylic acids is 4. The summed E-state index contributed by atoms with van der Waals surface area (Å²) in [7, 11) is 0. The third-order valence-electron chi connectivity index (χ3n) is 8.31. The van der Waals surface area contributed by atoms with Crippen LogP contribution in [0.1, 0.15) is 64.3 Å². The van der Waals surface area contributed by atoms with Crippen molar-refractivity contribution in [2.24, 2.45) is 10.8 Å². The smallest absolute Gasteiger partial charge is 0.345 e. The number of ether oxygens (including phenoxy) is 2. The first-order valence-corrected chi connectivity index (χ1v) is 12.1. The number of ketones is 1. The normalized spacial score (nSPS) is 26.4. The predicted molar refractivity (Wildman–Crippen MR) is 133 cm³/mol. The summed E-state index contributed by atoms with van der Waals surface area (Å²) in [5.41, 5.74) is -1.21. The molecule has 2 aliphatic carbocycles. The molecule has 9 heteroatoms. The number of pyridine rings is 1. The van der Waals surface area contributed by atoms with Crippen molar-refractivity contribution in [2.45, 2.75) is 39.7 Å². The number of hydrogen-bond donors (Lipinski definition) is 2. The molecule has 0 bridgehead atoms. The lowest BCUT2D eigenvalue weighted by Crippen LogP contribution is -2.62. The molecule has 2 N–H and O–H groups in total. The summed E-state index contributed by atoms with van der Waals surface area (Å²) in [6.07, 6.45) is 8.47. The lowest BCUT2D eigenvalue weighted by Gasteiger charge is -2.58. The molecule has 192 valence electrons. The molecule has 0 radical (unpaired) electrons. The third kappa shape index (κ3) is 2.89. The van der Waals surface area contributed by atoms with Crippen LogP contribution in [0.5, 0.6) is 11.5 Å². The van der Waals surface area contributed by atoms with Crippen molar-refractivity contribution in [3.63, 3.8) is 0 Å². The zero-order valence-corrected chi connectivity index (χ0v) is 21.2. The van der Waals surface area contributed by atoms with Crippen LogP contribution in [0.4, 0.5) is 0 Å². The second-order valence-corrected chi connectivity index (χ2v) is 10.8. The van der Waals surface area contributed by atoms with Crippen LogP contribution >= 0.6 is 0 Å². The van der Waals surface area contributed by atoms with E-state index in [-0.39, 0.29) is 33.9 Å². The minimum Gasteiger partial charge on any atom is -0.507 e. The average Bonchev–Trinajstić information content (AvgIpc) is 3.17. The fourth-order valence-electron chi connectivity index (χ4n) is 6.05. The second-order valence-electron chi connectivity index (χ2n) is 10.8. The summed E-state index contributed by atoms with van der Waals surface area (Å²) >= 11 is 0. The molecule has 2 unspecified atom stereocenters. The van der Waals surface area contributed by atoms with Gasteiger partial charge in [0.25, 0.3) is 11.8 Å². The van der Waals surface area contributed by atoms with E-state index >= 15 is 0 Å². The Morgan fingerprint density at radius 2 is 1.87 bits per heavy atom. The topological polar surface area (TPSA) is 132 Å². The lowest BCUT2D eigenvalue weighted by atomic mass is 9.52. The highest BCUT2D eigenvalue weighted by Gasteiger charge is 2.64. The number of amides is 2. The first-order valence-electron chi connectivity index (χ1n) is 12.1. The molecule has 2 atom stereocenters. The van der Waals surface area contributed by atoms with Gasteiger partial charge >= 0.3 is 5.97 Å². The number of rotatable bonds is 2. The number of allylic oxidation sites excluding steroid dienone is 3. The molecule has 3 heterocycles. The van der Waals surface area contributed by atoms with Crippen molar-refractivity contribution in [3.8, 4) is 11.5 Å². The number of benzene rings is 1. The largest absolute Gasteiger partial charge is 0.507 e. The van der Waals surface area contributed by atoms with Crippen LogP contribution in [0.2, 0.25) is 0 Å². The van der Waals surface area contributed by atoms with Gasteiger partial charge in [0.1, 0.15) is 11.5 Å². The molecule has 4 aliphatic rings. The zero-order valence-electron chi connectivity index (χ0n) is 21.2. The van der Waals surface area contributed by atoms with E-state index in [0.717, 1.165) is 5.57 Å². The third-order valence-corrected chi connectivity index (χ3v) is 8.31. The molecule has 1 spiro atoms. The Hall–Kier alpha value is -4.53. The number of nitrogens with one attached hydrogen (secondary N) is 1. The van der Waals surface area contributed by atoms with E-state index in [9.17, 15) is 24.3 Å². The van der Waals surface area contributed by atoms with Gasteiger partial charge in [0, 0.05) is 23.9 Å². The van der Waals surface area contributed by atoms with Gasteiger partial charge in [0.2, 0.25) is 5.78 Å². The predicted octanol–water partition coefficient (Wildman–Crippen LogP) is 3.59. The number of hydrogen-bond acceptors (Lipinski definition) is 8. The lowest BCUT2D eigenvalue weighted by molar-refractivity contribution is -0.128. The fourth-order valence-corrected chi connectivity index (χ4v) is 6.05. The Bertz CT molecular complexity index is 1600. The van der Waals surface area contributed by atoms with Gasteiger partial charge in [0.05, 0.1) is 22.1 Å². The summed E-state index contributed by atoms with van der Waals surface area (Å²) in [6, 6.07) is 4.57. The molecule has 2 aliphatic heterocycles. The number of aromatic hydroxyl groups is 1. The summed E-state index contributed by atoms with van der Waals surface area (Å²) in [4.78, 5) is 55.8. The zero-order chi connectivity index (χ0) is 27.2. The van der Waals surface area contributed by atoms with Crippen LogP contribution < -0.4 is 10.1 Å². The van der Waals surface area contributed by atoms with Gasteiger partial charge in [0.15, 0.2) is 11.4 Å². The number of aromatic nitrogens is 1. The Labute approximate surface area is 217 Å². The highest BCUT2D eigenvalue weighted by Crippen LogP contribution is 2.62. The second kappa shape index (κ2) is 7.50. The number of esters is 1. The first kappa shape index (κ1) is 23.8. The number of Topliss-reactive ketones (excluding diaryl/α,β-unsaturated/α-hetero) is 1. The molecule has 2 aromatic rings. The van der Waals surface area contributed by atoms with Gasteiger partial charge in [-0.1, -0.05) is 24.6 Å². The van der Waals surface area contributed by atoms with Crippen molar-refractivity contribution < 1.29 is 33.8 Å². The van der Waals surface area contributed by atoms with Gasteiger partial charge in [-0.25, -0.2) is 4.79 Å². The van der Waals surface area contributed by atoms with Crippen molar-refractivity contribution in [2.75, 3.05) is 0 Å². The van der Waals surface area contributed by atoms with Gasteiger partial charge in [-0.05, 0) is 56.5 Å². The molecule has 1 aromatic heterocycles. The van der Waals surface area contributed by atoms with Gasteiger partial charge < -0.3 is 14.6 Å². The first-order chi connectivity index (χ1) is 17.9. The van der Waals surface area contributed by atoms with Gasteiger partial charge in [-0.3, -0.25) is 24.7 Å². The monoisotopic (exact) mass is 512 g/mol. The fraction of sp³-hybridized carbons (Fsp3) is 0.276. The Morgan fingerprint density at radius 3 is 2.58 bits per heavy atom. The molecule has 0 saturated carbocycles.